The molecule has 2 aromatic rings. The van der Waals surface area contributed by atoms with Crippen LogP contribution in [0.15, 0.2) is 21.5 Å². The summed E-state index contributed by atoms with van der Waals surface area (Å²) < 4.78 is 140. The zero-order chi connectivity index (χ0) is 54.4. The van der Waals surface area contributed by atoms with Gasteiger partial charge in [0.2, 0.25) is 23.3 Å². The molecule has 0 unspecified atom stereocenters. The van der Waals surface area contributed by atoms with Crippen LogP contribution in [0.4, 0.5) is 23.2 Å². The minimum atomic E-state index is -5.65. The van der Waals surface area contributed by atoms with Crippen molar-refractivity contribution < 1.29 is 97.1 Å². The maximum atomic E-state index is 14.0. The second-order valence-corrected chi connectivity index (χ2v) is 19.2. The van der Waals surface area contributed by atoms with Gasteiger partial charge >= 0.3 is 16.1 Å². The summed E-state index contributed by atoms with van der Waals surface area (Å²) >= 11 is 1.64. The molecule has 1 aromatic heterocycles. The van der Waals surface area contributed by atoms with Crippen molar-refractivity contribution in [2.75, 3.05) is 145 Å². The SMILES string of the molecule is CCCN(OCC)C(=O)C1=Cc2sc(CCC3CCN(C(=O)COCCOCCOCCOCCOCCOCCOCCOCCOCCC(=O)Oc4c(F)c(F)c(S(=O)(=O)O)c(F)c4F)CC3)cc2N=C(N)C1. The van der Waals surface area contributed by atoms with Gasteiger partial charge in [-0.15, -0.1) is 11.3 Å². The topological polar surface area (TPSA) is 252 Å². The molecule has 1 aromatic carbocycles. The van der Waals surface area contributed by atoms with Gasteiger partial charge in [0.05, 0.1) is 136 Å². The van der Waals surface area contributed by atoms with Crippen molar-refractivity contribution in [3.05, 3.63) is 44.7 Å². The Hall–Kier alpha value is -4.23. The number of rotatable bonds is 39. The number of carbonyl (C=O) groups excluding carboxylic acids is 3. The molecular weight excluding hydrogens is 1040 g/mol. The molecule has 0 bridgehead atoms. The lowest BCUT2D eigenvalue weighted by Gasteiger charge is -2.32. The fraction of sp³-hybridized carbons (Fsp3) is 0.667. The smallest absolute Gasteiger partial charge is 0.313 e. The number of aliphatic imine (C=N–C) groups is 1. The standard InChI is InChI=1S/C48H70F4N4O17S2/c1-3-10-56(72-4-2)48(59)35-30-38-37(54-39(53)31-35)32-36(74-38)6-5-34-7-11-55(12-8-34)40(57)33-71-29-28-70-27-26-69-25-24-68-23-22-67-21-20-66-19-18-65-17-16-64-15-14-63-13-9-41(58)73-46-42(49)44(51)47(75(60,61)62)45(52)43(46)50/h30,32,34H,3-29,31,33H2,1-2H3,(H2,53,54)(H,60,61,62). The molecule has 0 radical (unpaired) electrons. The highest BCUT2D eigenvalue weighted by atomic mass is 32.2. The number of nitrogens with zero attached hydrogens (tertiary/aromatic N) is 3. The third-order valence-electron chi connectivity index (χ3n) is 11.0. The summed E-state index contributed by atoms with van der Waals surface area (Å²) in [7, 11) is -5.65. The Labute approximate surface area is 438 Å². The Morgan fingerprint density at radius 1 is 0.747 bits per heavy atom. The van der Waals surface area contributed by atoms with Gasteiger partial charge < -0.3 is 58.0 Å². The highest BCUT2D eigenvalue weighted by molar-refractivity contribution is 7.85. The van der Waals surface area contributed by atoms with Crippen LogP contribution in [0.3, 0.4) is 0 Å². The number of thiophene rings is 1. The van der Waals surface area contributed by atoms with Crippen LogP contribution in [0, 0.1) is 29.2 Å². The van der Waals surface area contributed by atoms with Crippen LogP contribution >= 0.6 is 11.3 Å². The molecule has 1 fully saturated rings. The van der Waals surface area contributed by atoms with Crippen LogP contribution < -0.4 is 10.5 Å². The molecule has 424 valence electrons. The number of hydrogen-bond acceptors (Lipinski definition) is 19. The maximum absolute atomic E-state index is 14.0. The van der Waals surface area contributed by atoms with Crippen LogP contribution in [-0.4, -0.2) is 192 Å². The van der Waals surface area contributed by atoms with E-state index in [-0.39, 0.29) is 57.9 Å². The van der Waals surface area contributed by atoms with Crippen molar-refractivity contribution in [1.29, 1.82) is 0 Å². The molecular formula is C48H70F4N4O17S2. The summed E-state index contributed by atoms with van der Waals surface area (Å²) in [5.41, 5.74) is 7.58. The van der Waals surface area contributed by atoms with Crippen LogP contribution in [0.2, 0.25) is 0 Å². The molecule has 2 amide bonds. The van der Waals surface area contributed by atoms with Crippen molar-refractivity contribution in [3.8, 4) is 5.75 Å². The largest absolute Gasteiger partial charge is 0.420 e. The van der Waals surface area contributed by atoms with Crippen LogP contribution in [0.5, 0.6) is 5.75 Å². The second kappa shape index (κ2) is 35.2. The second-order valence-electron chi connectivity index (χ2n) is 16.7. The van der Waals surface area contributed by atoms with Gasteiger partial charge in [-0.25, -0.2) is 18.8 Å². The van der Waals surface area contributed by atoms with Gasteiger partial charge in [0.1, 0.15) is 12.4 Å². The number of fused-ring (bicyclic) bond motifs is 1. The molecule has 0 aliphatic carbocycles. The first-order chi connectivity index (χ1) is 36.1. The highest BCUT2D eigenvalue weighted by Gasteiger charge is 2.34. The van der Waals surface area contributed by atoms with Crippen LogP contribution in [0.1, 0.15) is 62.1 Å². The molecule has 0 atom stereocenters. The fourth-order valence-electron chi connectivity index (χ4n) is 7.30. The number of hydrogen-bond donors (Lipinski definition) is 2. The Morgan fingerprint density at radius 3 is 1.69 bits per heavy atom. The molecule has 21 nitrogen and oxygen atoms in total. The molecule has 1 saturated heterocycles. The number of aryl methyl sites for hydroxylation is 1. The van der Waals surface area contributed by atoms with Crippen molar-refractivity contribution in [2.45, 2.75) is 63.7 Å². The lowest BCUT2D eigenvalue weighted by atomic mass is 9.92. The number of ether oxygens (including phenoxy) is 10. The first kappa shape index (κ1) is 63.3. The van der Waals surface area contributed by atoms with Gasteiger partial charge in [-0.1, -0.05) is 6.92 Å². The predicted octanol–water partition coefficient (Wildman–Crippen LogP) is 4.83. The normalized spacial score (nSPS) is 14.1. The Balaban J connectivity index is 0.863. The van der Waals surface area contributed by atoms with Gasteiger partial charge in [-0.2, -0.15) is 17.2 Å². The number of piperidine rings is 1. The third kappa shape index (κ3) is 23.1. The summed E-state index contributed by atoms with van der Waals surface area (Å²) in [6.07, 6.45) is 6.14. The van der Waals surface area contributed by atoms with Gasteiger partial charge in [-0.3, -0.25) is 23.8 Å². The molecule has 27 heteroatoms. The lowest BCUT2D eigenvalue weighted by Crippen LogP contribution is -2.40. The average Bonchev–Trinajstić information content (AvgIpc) is 3.68. The predicted molar refractivity (Wildman–Crippen MR) is 263 cm³/mol. The van der Waals surface area contributed by atoms with Gasteiger partial charge in [0.15, 0.2) is 16.5 Å². The minimum Gasteiger partial charge on any atom is -0.420 e. The molecule has 75 heavy (non-hydrogen) atoms. The van der Waals surface area contributed by atoms with Crippen molar-refractivity contribution in [1.82, 2.24) is 9.96 Å². The third-order valence-corrected chi connectivity index (χ3v) is 13.0. The van der Waals surface area contributed by atoms with E-state index in [1.165, 1.54) is 9.94 Å². The summed E-state index contributed by atoms with van der Waals surface area (Å²) in [5.74, 6) is -12.0. The van der Waals surface area contributed by atoms with E-state index in [1.807, 2.05) is 24.8 Å². The number of hydroxylamine groups is 2. The highest BCUT2D eigenvalue weighted by Crippen LogP contribution is 2.37. The van der Waals surface area contributed by atoms with Crippen molar-refractivity contribution in [3.63, 3.8) is 0 Å². The quantitative estimate of drug-likeness (QED) is 0.0173. The zero-order valence-electron chi connectivity index (χ0n) is 42.5. The first-order valence-corrected chi connectivity index (χ1v) is 27.0. The molecule has 3 N–H and O–H groups in total. The Kier molecular flexibility index (Phi) is 29.7. The number of likely N-dealkylation sites (tertiary alicyclic amines) is 1. The summed E-state index contributed by atoms with van der Waals surface area (Å²) in [6, 6.07) is 2.07. The molecule has 4 rings (SSSR count). The monoisotopic (exact) mass is 1110 g/mol. The minimum absolute atomic E-state index is 0.0153. The first-order valence-electron chi connectivity index (χ1n) is 24.8. The summed E-state index contributed by atoms with van der Waals surface area (Å²) in [5, 5.41) is 1.41. The zero-order valence-corrected chi connectivity index (χ0v) is 44.1. The number of halogens is 4. The van der Waals surface area contributed by atoms with E-state index in [2.05, 4.69) is 15.8 Å². The van der Waals surface area contributed by atoms with Gasteiger partial charge in [0.25, 0.3) is 5.91 Å². The van der Waals surface area contributed by atoms with E-state index in [0.29, 0.717) is 123 Å². The van der Waals surface area contributed by atoms with Crippen molar-refractivity contribution >= 4 is 56.8 Å². The van der Waals surface area contributed by atoms with E-state index in [4.69, 9.17) is 57.8 Å². The molecule has 2 aliphatic rings. The summed E-state index contributed by atoms with van der Waals surface area (Å²) in [4.78, 5) is 49.7. The molecule has 3 heterocycles. The molecule has 2 aliphatic heterocycles. The van der Waals surface area contributed by atoms with E-state index in [9.17, 15) is 40.4 Å². The average molecular weight is 1120 g/mol. The van der Waals surface area contributed by atoms with E-state index in [0.717, 1.165) is 42.7 Å². The van der Waals surface area contributed by atoms with Gasteiger partial charge in [0, 0.05) is 36.5 Å². The Morgan fingerprint density at radius 2 is 1.23 bits per heavy atom. The number of amidine groups is 1. The van der Waals surface area contributed by atoms with E-state index in [1.54, 1.807) is 11.3 Å². The number of nitrogens with two attached hydrogens (primary N) is 1. The Bertz CT molecular complexity index is 2220. The number of carbonyl (C=O) groups is 3. The van der Waals surface area contributed by atoms with Crippen molar-refractivity contribution in [2.24, 2.45) is 16.6 Å². The lowest BCUT2D eigenvalue weighted by molar-refractivity contribution is -0.180. The number of esters is 1. The van der Waals surface area contributed by atoms with Gasteiger partial charge in [-0.05, 0) is 57.1 Å². The maximum Gasteiger partial charge on any atom is 0.313 e. The number of amides is 2. The van der Waals surface area contributed by atoms with E-state index < -0.39 is 56.4 Å². The molecule has 0 spiro atoms. The van der Waals surface area contributed by atoms with Crippen LogP contribution in [0.25, 0.3) is 6.08 Å². The fourth-order valence-corrected chi connectivity index (χ4v) is 9.01. The molecule has 0 saturated carbocycles. The summed E-state index contributed by atoms with van der Waals surface area (Å²) in [6.45, 7) is 10.9. The van der Waals surface area contributed by atoms with Crippen LogP contribution in [-0.2, 0) is 78.4 Å². The van der Waals surface area contributed by atoms with E-state index >= 15 is 0 Å². The number of benzene rings is 1.